The molecule has 212 valence electrons. The summed E-state index contributed by atoms with van der Waals surface area (Å²) in [6.45, 7) is 4.94. The van der Waals surface area contributed by atoms with E-state index < -0.39 is 17.4 Å². The zero-order valence-electron chi connectivity index (χ0n) is 23.0. The number of aromatic nitrogens is 2. The summed E-state index contributed by atoms with van der Waals surface area (Å²) in [7, 11) is 4.92. The third-order valence-electron chi connectivity index (χ3n) is 5.40. The van der Waals surface area contributed by atoms with Gasteiger partial charge in [-0.2, -0.15) is 0 Å². The molecule has 0 saturated carbocycles. The maximum Gasteiger partial charge on any atom is 0.198 e. The second kappa shape index (κ2) is 14.6. The van der Waals surface area contributed by atoms with Crippen LogP contribution in [0.2, 0.25) is 0 Å². The van der Waals surface area contributed by atoms with Gasteiger partial charge < -0.3 is 29.6 Å². The molecule has 2 aromatic heterocycles. The van der Waals surface area contributed by atoms with Gasteiger partial charge in [-0.15, -0.1) is 0 Å². The van der Waals surface area contributed by atoms with Gasteiger partial charge in [-0.1, -0.05) is 0 Å². The molecule has 0 unspecified atom stereocenters. The van der Waals surface area contributed by atoms with Crippen molar-refractivity contribution < 1.29 is 32.5 Å². The number of carbonyl (C=O) groups excluding carboxylic acids is 1. The van der Waals surface area contributed by atoms with Crippen molar-refractivity contribution in [2.75, 3.05) is 39.7 Å². The average molecular weight is 555 g/mol. The molecule has 0 atom stereocenters. The van der Waals surface area contributed by atoms with E-state index in [0.29, 0.717) is 52.6 Å². The van der Waals surface area contributed by atoms with Gasteiger partial charge in [-0.25, -0.2) is 8.78 Å². The van der Waals surface area contributed by atoms with Crippen molar-refractivity contribution >= 4 is 22.9 Å². The molecule has 0 bridgehead atoms. The Morgan fingerprint density at radius 3 is 2.33 bits per heavy atom. The topological polar surface area (TPSA) is 104 Å². The van der Waals surface area contributed by atoms with Crippen LogP contribution < -0.4 is 29.6 Å². The monoisotopic (exact) mass is 554 g/mol. The first kappa shape index (κ1) is 30.0. The Morgan fingerprint density at radius 2 is 1.70 bits per heavy atom. The van der Waals surface area contributed by atoms with Crippen molar-refractivity contribution in [1.82, 2.24) is 15.3 Å². The number of hydrogen-bond donors (Lipinski definition) is 2. The number of nitrogens with zero attached hydrogens (tertiary/aromatic N) is 2. The van der Waals surface area contributed by atoms with Gasteiger partial charge in [0.05, 0.1) is 24.3 Å². The molecule has 0 aliphatic carbocycles. The first-order valence-corrected chi connectivity index (χ1v) is 12.5. The number of methoxy groups -OCH3 is 1. The Bertz CT molecular complexity index is 1410. The Labute approximate surface area is 231 Å². The molecule has 2 heterocycles. The average Bonchev–Trinajstić information content (AvgIpc) is 2.95. The lowest BCUT2D eigenvalue weighted by atomic mass is 10.1. The number of aldehydes is 1. The van der Waals surface area contributed by atoms with Crippen LogP contribution in [0, 0.1) is 11.6 Å². The zero-order valence-corrected chi connectivity index (χ0v) is 23.0. The molecule has 11 heteroatoms. The summed E-state index contributed by atoms with van der Waals surface area (Å²) in [4.78, 5) is 18.6. The number of likely N-dealkylation sites (N-methyl/N-ethyl adjacent to an activating group) is 1. The van der Waals surface area contributed by atoms with E-state index >= 15 is 0 Å². The van der Waals surface area contributed by atoms with Gasteiger partial charge in [0.15, 0.2) is 35.2 Å². The highest BCUT2D eigenvalue weighted by atomic mass is 19.1. The molecule has 2 aromatic carbocycles. The summed E-state index contributed by atoms with van der Waals surface area (Å²) in [6, 6.07) is 8.92. The van der Waals surface area contributed by atoms with Crippen LogP contribution in [0.5, 0.6) is 28.7 Å². The number of halogens is 2. The largest absolute Gasteiger partial charge is 0.493 e. The third-order valence-corrected chi connectivity index (χ3v) is 5.40. The number of fused-ring (bicyclic) bond motifs is 1. The summed E-state index contributed by atoms with van der Waals surface area (Å²) >= 11 is 0. The van der Waals surface area contributed by atoms with Crippen LogP contribution in [0.25, 0.3) is 10.9 Å². The molecule has 9 nitrogen and oxygen atoms in total. The molecule has 0 aliphatic heterocycles. The fourth-order valence-electron chi connectivity index (χ4n) is 3.51. The summed E-state index contributed by atoms with van der Waals surface area (Å²) in [6.07, 6.45) is 5.41. The van der Waals surface area contributed by atoms with Crippen LogP contribution in [-0.4, -0.2) is 56.7 Å². The van der Waals surface area contributed by atoms with Crippen molar-refractivity contribution in [2.24, 2.45) is 0 Å². The number of ether oxygens (including phenoxy) is 4. The maximum atomic E-state index is 14.3. The Balaban J connectivity index is 0.000000307. The van der Waals surface area contributed by atoms with Crippen molar-refractivity contribution in [1.29, 1.82) is 0 Å². The van der Waals surface area contributed by atoms with Crippen LogP contribution in [0.3, 0.4) is 0 Å². The number of pyridine rings is 2. The minimum absolute atomic E-state index is 0.0751. The van der Waals surface area contributed by atoms with Gasteiger partial charge in [-0.3, -0.25) is 14.8 Å². The van der Waals surface area contributed by atoms with E-state index in [9.17, 15) is 13.6 Å². The highest BCUT2D eigenvalue weighted by Crippen LogP contribution is 2.38. The predicted octanol–water partition coefficient (Wildman–Crippen LogP) is 5.64. The van der Waals surface area contributed by atoms with E-state index in [-0.39, 0.29) is 11.9 Å². The number of benzene rings is 2. The smallest absolute Gasteiger partial charge is 0.198 e. The first-order valence-electron chi connectivity index (χ1n) is 12.5. The molecule has 40 heavy (non-hydrogen) atoms. The molecule has 4 rings (SSSR count). The van der Waals surface area contributed by atoms with Crippen LogP contribution in [0.4, 0.5) is 14.5 Å². The lowest BCUT2D eigenvalue weighted by molar-refractivity contribution is 0.111. The normalized spacial score (nSPS) is 10.5. The second-order valence-corrected chi connectivity index (χ2v) is 8.60. The van der Waals surface area contributed by atoms with Crippen LogP contribution in [-0.2, 0) is 0 Å². The van der Waals surface area contributed by atoms with E-state index in [1.165, 1.54) is 25.6 Å². The number of rotatable bonds is 11. The van der Waals surface area contributed by atoms with Crippen molar-refractivity contribution in [2.45, 2.75) is 20.0 Å². The third kappa shape index (κ3) is 7.76. The van der Waals surface area contributed by atoms with E-state index in [0.717, 1.165) is 18.4 Å². The summed E-state index contributed by atoms with van der Waals surface area (Å²) in [5.74, 6) is -0.282. The number of nitrogens with one attached hydrogen (secondary N) is 2. The molecule has 2 N–H and O–H groups in total. The van der Waals surface area contributed by atoms with Gasteiger partial charge in [0.2, 0.25) is 0 Å². The van der Waals surface area contributed by atoms with Crippen molar-refractivity contribution in [3.05, 3.63) is 72.2 Å². The quantitative estimate of drug-likeness (QED) is 0.180. The molecule has 0 radical (unpaired) electrons. The highest BCUT2D eigenvalue weighted by molar-refractivity contribution is 5.88. The SMILES string of the molecule is CC(C)Oc1ccncc1C=O.CNCCOc1cc2nccc(Oc3c(F)cc(NC)cc3F)c2cc1OC. The van der Waals surface area contributed by atoms with E-state index in [4.69, 9.17) is 18.9 Å². The van der Waals surface area contributed by atoms with E-state index in [2.05, 4.69) is 20.6 Å². The van der Waals surface area contributed by atoms with Gasteiger partial charge in [0.1, 0.15) is 18.1 Å². The second-order valence-electron chi connectivity index (χ2n) is 8.60. The van der Waals surface area contributed by atoms with Gasteiger partial charge in [0, 0.05) is 61.5 Å². The molecule has 4 aromatic rings. The lowest BCUT2D eigenvalue weighted by Crippen LogP contribution is -2.16. The Hall–Kier alpha value is -4.51. The fourth-order valence-corrected chi connectivity index (χ4v) is 3.51. The molecule has 0 saturated heterocycles. The van der Waals surface area contributed by atoms with Gasteiger partial charge in [0.25, 0.3) is 0 Å². The predicted molar refractivity (Wildman–Crippen MR) is 149 cm³/mol. The van der Waals surface area contributed by atoms with Crippen molar-refractivity contribution in [3.63, 3.8) is 0 Å². The highest BCUT2D eigenvalue weighted by Gasteiger charge is 2.17. The minimum atomic E-state index is -0.812. The zero-order chi connectivity index (χ0) is 29.1. The molecular weight excluding hydrogens is 522 g/mol. The van der Waals surface area contributed by atoms with E-state index in [1.54, 1.807) is 31.4 Å². The summed E-state index contributed by atoms with van der Waals surface area (Å²) < 4.78 is 50.6. The van der Waals surface area contributed by atoms with E-state index in [1.807, 2.05) is 20.9 Å². The number of carbonyl (C=O) groups is 1. The fraction of sp³-hybridized carbons (Fsp3) is 0.276. The molecule has 0 amide bonds. The summed E-state index contributed by atoms with van der Waals surface area (Å²) in [5.41, 5.74) is 1.35. The minimum Gasteiger partial charge on any atom is -0.493 e. The summed E-state index contributed by atoms with van der Waals surface area (Å²) in [5, 5.41) is 6.22. The Kier molecular flexibility index (Phi) is 11.0. The first-order chi connectivity index (χ1) is 19.3. The number of hydrogen-bond acceptors (Lipinski definition) is 9. The molecule has 0 aliphatic rings. The van der Waals surface area contributed by atoms with Crippen LogP contribution in [0.1, 0.15) is 24.2 Å². The van der Waals surface area contributed by atoms with Crippen molar-refractivity contribution in [3.8, 4) is 28.7 Å². The number of anilines is 1. The Morgan fingerprint density at radius 1 is 0.975 bits per heavy atom. The standard InChI is InChI=1S/C20H21F2N3O3.C9H11NO2/c1-23-6-7-27-19-11-16-13(10-18(19)26-3)17(4-5-25-16)28-20-14(21)8-12(24-2)9-15(20)22;1-7(2)12-9-3-4-10-5-8(9)6-11/h4-5,8-11,23-24H,6-7H2,1-3H3;3-7H,1-2H3. The molecular formula is C29H32F2N4O5. The maximum absolute atomic E-state index is 14.3. The van der Waals surface area contributed by atoms with Crippen LogP contribution in [0.15, 0.2) is 55.0 Å². The van der Waals surface area contributed by atoms with Gasteiger partial charge >= 0.3 is 0 Å². The van der Waals surface area contributed by atoms with Crippen LogP contribution >= 0.6 is 0 Å². The lowest BCUT2D eigenvalue weighted by Gasteiger charge is -2.14. The molecule has 0 spiro atoms. The van der Waals surface area contributed by atoms with Gasteiger partial charge in [-0.05, 0) is 39.1 Å². The molecule has 0 fully saturated rings.